The Morgan fingerprint density at radius 1 is 1.07 bits per heavy atom. The maximum absolute atomic E-state index is 11.9. The van der Waals surface area contributed by atoms with Crippen LogP contribution in [0.25, 0.3) is 0 Å². The van der Waals surface area contributed by atoms with E-state index in [4.69, 9.17) is 4.74 Å². The summed E-state index contributed by atoms with van der Waals surface area (Å²) in [6.07, 6.45) is -0.357. The van der Waals surface area contributed by atoms with Gasteiger partial charge in [0.2, 0.25) is 0 Å². The van der Waals surface area contributed by atoms with E-state index in [2.05, 4.69) is 15.6 Å². The summed E-state index contributed by atoms with van der Waals surface area (Å²) >= 11 is 0. The molecule has 0 saturated heterocycles. The number of likely N-dealkylation sites (N-methyl/N-ethyl adjacent to an activating group) is 1. The number of benzene rings is 1. The molecule has 1 aromatic carbocycles. The Morgan fingerprint density at radius 3 is 2.14 bits per heavy atom. The summed E-state index contributed by atoms with van der Waals surface area (Å²) in [6.45, 7) is 7.10. The molecule has 0 bridgehead atoms. The van der Waals surface area contributed by atoms with Crippen LogP contribution in [0.15, 0.2) is 29.3 Å². The van der Waals surface area contributed by atoms with Gasteiger partial charge in [-0.25, -0.2) is 4.79 Å². The van der Waals surface area contributed by atoms with Gasteiger partial charge < -0.3 is 25.2 Å². The molecule has 8 nitrogen and oxygen atoms in total. The van der Waals surface area contributed by atoms with Crippen molar-refractivity contribution in [3.05, 3.63) is 35.4 Å². The van der Waals surface area contributed by atoms with Gasteiger partial charge in [-0.05, 0) is 38.5 Å². The predicted octanol–water partition coefficient (Wildman–Crippen LogP) is 2.54. The summed E-state index contributed by atoms with van der Waals surface area (Å²) in [5.41, 5.74) is 1.17. The number of nitrogens with one attached hydrogen (secondary N) is 2. The number of nitrogens with zero attached hydrogens (tertiary/aromatic N) is 3. The summed E-state index contributed by atoms with van der Waals surface area (Å²) < 4.78 is 5.32. The number of hydrogen-bond acceptors (Lipinski definition) is 4. The van der Waals surface area contributed by atoms with Gasteiger partial charge in [-0.15, -0.1) is 24.0 Å². The Labute approximate surface area is 191 Å². The van der Waals surface area contributed by atoms with Crippen molar-refractivity contribution in [3.63, 3.8) is 0 Å². The number of halogens is 1. The maximum atomic E-state index is 11.9. The summed E-state index contributed by atoms with van der Waals surface area (Å²) in [5, 5.41) is 6.37. The van der Waals surface area contributed by atoms with Gasteiger partial charge in [0.1, 0.15) is 5.60 Å². The topological polar surface area (TPSA) is 86.3 Å². The van der Waals surface area contributed by atoms with Crippen molar-refractivity contribution in [2.75, 3.05) is 41.3 Å². The first-order valence-corrected chi connectivity index (χ1v) is 9.22. The van der Waals surface area contributed by atoms with Crippen molar-refractivity contribution in [2.45, 2.75) is 32.9 Å². The van der Waals surface area contributed by atoms with Gasteiger partial charge in [-0.2, -0.15) is 0 Å². The average Bonchev–Trinajstić information content (AvgIpc) is 2.62. The molecular formula is C20H34IN5O3. The van der Waals surface area contributed by atoms with Gasteiger partial charge in [0.15, 0.2) is 5.96 Å². The fourth-order valence-corrected chi connectivity index (χ4v) is 2.20. The third kappa shape index (κ3) is 10.3. The van der Waals surface area contributed by atoms with Gasteiger partial charge in [-0.3, -0.25) is 9.79 Å². The Hall–Kier alpha value is -2.04. The summed E-state index contributed by atoms with van der Waals surface area (Å²) in [6, 6.07) is 7.44. The summed E-state index contributed by atoms with van der Waals surface area (Å²) in [7, 11) is 6.84. The minimum atomic E-state index is -0.511. The number of ether oxygens (including phenoxy) is 1. The number of aliphatic imine (C=N–C) groups is 1. The molecule has 0 aliphatic heterocycles. The molecule has 0 aromatic heterocycles. The predicted molar refractivity (Wildman–Crippen MR) is 127 cm³/mol. The molecule has 0 radical (unpaired) electrons. The molecule has 2 N–H and O–H groups in total. The van der Waals surface area contributed by atoms with Gasteiger partial charge in [0.05, 0.1) is 0 Å². The lowest BCUT2D eigenvalue weighted by Crippen LogP contribution is -2.42. The lowest BCUT2D eigenvalue weighted by molar-refractivity contribution is 0.0302. The first-order chi connectivity index (χ1) is 13.0. The zero-order valence-corrected chi connectivity index (χ0v) is 20.7. The highest BCUT2D eigenvalue weighted by Gasteiger charge is 2.19. The summed E-state index contributed by atoms with van der Waals surface area (Å²) in [4.78, 5) is 31.1. The Morgan fingerprint density at radius 2 is 1.66 bits per heavy atom. The van der Waals surface area contributed by atoms with Crippen LogP contribution in [-0.2, 0) is 11.3 Å². The fourth-order valence-electron chi connectivity index (χ4n) is 2.20. The number of guanidine groups is 1. The summed E-state index contributed by atoms with van der Waals surface area (Å²) in [5.74, 6) is 0.608. The molecule has 0 fully saturated rings. The highest BCUT2D eigenvalue weighted by Crippen LogP contribution is 2.09. The Balaban J connectivity index is 0.00000784. The third-order valence-electron chi connectivity index (χ3n) is 3.74. The molecule has 0 saturated carbocycles. The second-order valence-corrected chi connectivity index (χ2v) is 7.65. The van der Waals surface area contributed by atoms with Gasteiger partial charge in [0.25, 0.3) is 5.91 Å². The molecule has 0 atom stereocenters. The van der Waals surface area contributed by atoms with Gasteiger partial charge >= 0.3 is 6.09 Å². The van der Waals surface area contributed by atoms with Crippen LogP contribution < -0.4 is 10.6 Å². The number of carbonyl (C=O) groups is 2. The maximum Gasteiger partial charge on any atom is 0.410 e. The molecule has 2 amide bonds. The second-order valence-electron chi connectivity index (χ2n) is 7.65. The number of amides is 2. The quantitative estimate of drug-likeness (QED) is 0.343. The molecule has 0 aliphatic carbocycles. The highest BCUT2D eigenvalue weighted by atomic mass is 127. The number of hydrogen-bond donors (Lipinski definition) is 2. The molecule has 29 heavy (non-hydrogen) atoms. The standard InChI is InChI=1S/C20H33N5O3.HI/c1-20(2,3)28-19(27)25(7)13-12-22-18(21-4)23-14-15-8-10-16(11-9-15)17(26)24(5)6;/h8-11H,12-14H2,1-7H3,(H2,21,22,23);1H. The van der Waals surface area contributed by atoms with Crippen LogP contribution in [-0.4, -0.2) is 74.6 Å². The van der Waals surface area contributed by atoms with Crippen LogP contribution in [0.5, 0.6) is 0 Å². The van der Waals surface area contributed by atoms with E-state index in [1.54, 1.807) is 33.1 Å². The zero-order chi connectivity index (χ0) is 21.3. The van der Waals surface area contributed by atoms with E-state index >= 15 is 0 Å². The van der Waals surface area contributed by atoms with E-state index in [9.17, 15) is 9.59 Å². The van der Waals surface area contributed by atoms with Gasteiger partial charge in [0, 0.05) is 53.4 Å². The molecule has 164 valence electrons. The molecule has 1 aromatic rings. The van der Waals surface area contributed by atoms with Crippen molar-refractivity contribution in [1.82, 2.24) is 20.4 Å². The largest absolute Gasteiger partial charge is 0.444 e. The second kappa shape index (κ2) is 12.5. The van der Waals surface area contributed by atoms with Crippen molar-refractivity contribution < 1.29 is 14.3 Å². The van der Waals surface area contributed by atoms with Crippen LogP contribution >= 0.6 is 24.0 Å². The van der Waals surface area contributed by atoms with E-state index in [1.807, 2.05) is 45.0 Å². The smallest absolute Gasteiger partial charge is 0.410 e. The number of rotatable bonds is 6. The first-order valence-electron chi connectivity index (χ1n) is 9.22. The van der Waals surface area contributed by atoms with Crippen LogP contribution in [0.3, 0.4) is 0 Å². The Bertz CT molecular complexity index is 684. The average molecular weight is 519 g/mol. The van der Waals surface area contributed by atoms with Crippen LogP contribution in [0, 0.1) is 0 Å². The minimum absolute atomic E-state index is 0. The van der Waals surface area contributed by atoms with Gasteiger partial charge in [-0.1, -0.05) is 12.1 Å². The minimum Gasteiger partial charge on any atom is -0.444 e. The van der Waals surface area contributed by atoms with Crippen molar-refractivity contribution in [3.8, 4) is 0 Å². The number of carbonyl (C=O) groups excluding carboxylic acids is 2. The molecule has 0 unspecified atom stereocenters. The Kier molecular flexibility index (Phi) is 11.6. The van der Waals surface area contributed by atoms with Crippen LogP contribution in [0.1, 0.15) is 36.7 Å². The van der Waals surface area contributed by atoms with Crippen molar-refractivity contribution in [1.29, 1.82) is 0 Å². The monoisotopic (exact) mass is 519 g/mol. The molecule has 0 aliphatic rings. The van der Waals surface area contributed by atoms with E-state index in [1.165, 1.54) is 4.90 Å². The molecule has 9 heteroatoms. The lowest BCUT2D eigenvalue weighted by Gasteiger charge is -2.24. The zero-order valence-electron chi connectivity index (χ0n) is 18.4. The fraction of sp³-hybridized carbons (Fsp3) is 0.550. The van der Waals surface area contributed by atoms with Crippen LogP contribution in [0.2, 0.25) is 0 Å². The first kappa shape index (κ1) is 27.0. The van der Waals surface area contributed by atoms with E-state index < -0.39 is 5.60 Å². The van der Waals surface area contributed by atoms with Crippen molar-refractivity contribution >= 4 is 41.9 Å². The molecule has 0 spiro atoms. The van der Waals surface area contributed by atoms with Crippen LogP contribution in [0.4, 0.5) is 4.79 Å². The normalized spacial score (nSPS) is 11.2. The SMILES string of the molecule is CN=C(NCCN(C)C(=O)OC(C)(C)C)NCc1ccc(C(=O)N(C)C)cc1.I. The molecular weight excluding hydrogens is 485 g/mol. The molecule has 0 heterocycles. The lowest BCUT2D eigenvalue weighted by atomic mass is 10.1. The van der Waals surface area contributed by atoms with E-state index in [-0.39, 0.29) is 36.0 Å². The van der Waals surface area contributed by atoms with E-state index in [0.717, 1.165) is 5.56 Å². The van der Waals surface area contributed by atoms with E-state index in [0.29, 0.717) is 31.2 Å². The van der Waals surface area contributed by atoms with Crippen molar-refractivity contribution in [2.24, 2.45) is 4.99 Å². The third-order valence-corrected chi connectivity index (χ3v) is 3.74. The highest BCUT2D eigenvalue weighted by molar-refractivity contribution is 14.0. The molecule has 1 rings (SSSR count).